The average Bonchev–Trinajstić information content (AvgIpc) is 3.13. The van der Waals surface area contributed by atoms with Crippen molar-refractivity contribution in [1.82, 2.24) is 20.4 Å². The number of aliphatic hydroxyl groups excluding tert-OH is 1. The van der Waals surface area contributed by atoms with E-state index < -0.39 is 5.54 Å². The second-order valence-electron chi connectivity index (χ2n) is 7.18. The lowest BCUT2D eigenvalue weighted by Crippen LogP contribution is -2.47. The Morgan fingerprint density at radius 2 is 2.04 bits per heavy atom. The molecule has 0 unspecified atom stereocenters. The minimum absolute atomic E-state index is 0.0289. The number of urea groups is 1. The molecule has 0 saturated heterocycles. The highest BCUT2D eigenvalue weighted by Gasteiger charge is 2.44. The molecule has 8 nitrogen and oxygen atoms in total. The number of nitrogens with zero attached hydrogens (tertiary/aromatic N) is 2. The Balaban J connectivity index is 1.80. The number of nitrogens with one attached hydrogen (secondary N) is 3. The van der Waals surface area contributed by atoms with Crippen LogP contribution in [0.4, 0.5) is 10.6 Å². The first-order chi connectivity index (χ1) is 12.8. The lowest BCUT2D eigenvalue weighted by atomic mass is 10.0. The van der Waals surface area contributed by atoms with Crippen LogP contribution < -0.4 is 10.6 Å². The van der Waals surface area contributed by atoms with Crippen LogP contribution in [0.1, 0.15) is 50.1 Å². The van der Waals surface area contributed by atoms with Crippen LogP contribution in [-0.4, -0.2) is 38.7 Å². The van der Waals surface area contributed by atoms with Crippen molar-refractivity contribution in [2.75, 3.05) is 11.9 Å². The van der Waals surface area contributed by atoms with Gasteiger partial charge in [-0.05, 0) is 25.8 Å². The van der Waals surface area contributed by atoms with Gasteiger partial charge in [0.25, 0.3) is 0 Å². The number of H-pyrrole nitrogens is 1. The number of hydrogen-bond donors (Lipinski definition) is 4. The monoisotopic (exact) mass is 371 g/mol. The fraction of sp³-hybridized carbons (Fsp3) is 0.421. The summed E-state index contributed by atoms with van der Waals surface area (Å²) in [6.07, 6.45) is 0.425. The minimum atomic E-state index is -0.608. The zero-order chi connectivity index (χ0) is 19.6. The van der Waals surface area contributed by atoms with E-state index in [4.69, 9.17) is 0 Å². The smallest absolute Gasteiger partial charge is 0.318 e. The van der Waals surface area contributed by atoms with Crippen molar-refractivity contribution in [2.45, 2.75) is 45.3 Å². The molecule has 2 heterocycles. The van der Waals surface area contributed by atoms with E-state index in [1.54, 1.807) is 4.90 Å². The van der Waals surface area contributed by atoms with E-state index in [-0.39, 0.29) is 24.6 Å². The van der Waals surface area contributed by atoms with Crippen LogP contribution in [-0.2, 0) is 16.9 Å². The number of aromatic nitrogens is 2. The molecular weight excluding hydrogens is 346 g/mol. The maximum Gasteiger partial charge on any atom is 0.318 e. The summed E-state index contributed by atoms with van der Waals surface area (Å²) >= 11 is 0. The molecule has 1 aliphatic rings. The predicted molar refractivity (Wildman–Crippen MR) is 101 cm³/mol. The number of anilines is 1. The fourth-order valence-corrected chi connectivity index (χ4v) is 3.48. The number of carbonyl (C=O) groups excluding carboxylic acids is 2. The number of rotatable bonds is 5. The summed E-state index contributed by atoms with van der Waals surface area (Å²) < 4.78 is 0. The molecule has 1 aromatic heterocycles. The number of carbonyl (C=O) groups is 2. The van der Waals surface area contributed by atoms with Gasteiger partial charge in [-0.25, -0.2) is 4.79 Å². The summed E-state index contributed by atoms with van der Waals surface area (Å²) in [5, 5.41) is 22.2. The first kappa shape index (κ1) is 18.9. The third-order valence-electron chi connectivity index (χ3n) is 4.93. The molecule has 3 amide bonds. The number of hydrogen-bond acceptors (Lipinski definition) is 4. The van der Waals surface area contributed by atoms with Crippen LogP contribution in [0.5, 0.6) is 0 Å². The molecule has 0 bridgehead atoms. The summed E-state index contributed by atoms with van der Waals surface area (Å²) in [5.41, 5.74) is 1.95. The van der Waals surface area contributed by atoms with E-state index >= 15 is 0 Å². The number of amides is 3. The molecule has 144 valence electrons. The third kappa shape index (κ3) is 3.66. The molecule has 4 N–H and O–H groups in total. The standard InChI is InChI=1S/C19H25N5O3/c1-12(26)20-17-14-11-24(19(2,3)16(14)22-23-17)18(27)21-15(9-10-25)13-7-5-4-6-8-13/h4-8,15,25H,9-11H2,1-3H3,(H,21,27)(H2,20,22,23,26)/t15-/m1/s1. The van der Waals surface area contributed by atoms with E-state index in [0.717, 1.165) is 16.8 Å². The molecule has 0 saturated carbocycles. The van der Waals surface area contributed by atoms with E-state index in [1.165, 1.54) is 6.92 Å². The van der Waals surface area contributed by atoms with Crippen LogP contribution in [0.3, 0.4) is 0 Å². The van der Waals surface area contributed by atoms with Gasteiger partial charge >= 0.3 is 6.03 Å². The second-order valence-corrected chi connectivity index (χ2v) is 7.18. The topological polar surface area (TPSA) is 110 Å². The zero-order valence-electron chi connectivity index (χ0n) is 15.7. The first-order valence-electron chi connectivity index (χ1n) is 8.93. The van der Waals surface area contributed by atoms with Crippen LogP contribution in [0.2, 0.25) is 0 Å². The first-order valence-corrected chi connectivity index (χ1v) is 8.93. The van der Waals surface area contributed by atoms with Crippen molar-refractivity contribution in [3.8, 4) is 0 Å². The Kier molecular flexibility index (Phi) is 5.18. The van der Waals surface area contributed by atoms with Gasteiger partial charge in [0.15, 0.2) is 5.82 Å². The molecule has 2 aromatic rings. The SMILES string of the molecule is CC(=O)Nc1n[nH]c2c1CN(C(=O)N[C@H](CCO)c1ccccc1)C2(C)C. The lowest BCUT2D eigenvalue weighted by Gasteiger charge is -2.33. The molecule has 8 heteroatoms. The van der Waals surface area contributed by atoms with Crippen molar-refractivity contribution >= 4 is 17.8 Å². The van der Waals surface area contributed by atoms with Crippen molar-refractivity contribution in [3.05, 3.63) is 47.2 Å². The zero-order valence-corrected chi connectivity index (χ0v) is 15.7. The molecule has 1 aliphatic heterocycles. The number of benzene rings is 1. The second kappa shape index (κ2) is 7.40. The van der Waals surface area contributed by atoms with Crippen molar-refractivity contribution in [2.24, 2.45) is 0 Å². The maximum absolute atomic E-state index is 13.0. The lowest BCUT2D eigenvalue weighted by molar-refractivity contribution is -0.114. The fourth-order valence-electron chi connectivity index (χ4n) is 3.48. The summed E-state index contributed by atoms with van der Waals surface area (Å²) in [7, 11) is 0. The van der Waals surface area contributed by atoms with E-state index in [0.29, 0.717) is 18.8 Å². The van der Waals surface area contributed by atoms with Gasteiger partial charge in [0, 0.05) is 19.1 Å². The summed E-state index contributed by atoms with van der Waals surface area (Å²) in [6.45, 7) is 5.58. The Morgan fingerprint density at radius 1 is 1.33 bits per heavy atom. The molecule has 3 rings (SSSR count). The van der Waals surface area contributed by atoms with E-state index in [2.05, 4.69) is 20.8 Å². The van der Waals surface area contributed by atoms with Gasteiger partial charge in [-0.2, -0.15) is 5.10 Å². The number of aliphatic hydroxyl groups is 1. The Morgan fingerprint density at radius 3 is 2.67 bits per heavy atom. The molecule has 27 heavy (non-hydrogen) atoms. The summed E-state index contributed by atoms with van der Waals surface area (Å²) in [4.78, 5) is 26.1. The maximum atomic E-state index is 13.0. The Bertz CT molecular complexity index is 831. The highest BCUT2D eigenvalue weighted by atomic mass is 16.3. The normalized spacial score (nSPS) is 15.9. The van der Waals surface area contributed by atoms with Gasteiger partial charge in [-0.15, -0.1) is 0 Å². The molecule has 0 spiro atoms. The van der Waals surface area contributed by atoms with Crippen LogP contribution in [0.25, 0.3) is 0 Å². The van der Waals surface area contributed by atoms with Crippen LogP contribution in [0, 0.1) is 0 Å². The van der Waals surface area contributed by atoms with Crippen LogP contribution in [0.15, 0.2) is 30.3 Å². The Hall–Kier alpha value is -2.87. The largest absolute Gasteiger partial charge is 0.396 e. The molecule has 1 aromatic carbocycles. The summed E-state index contributed by atoms with van der Waals surface area (Å²) in [6, 6.07) is 9.05. The minimum Gasteiger partial charge on any atom is -0.396 e. The van der Waals surface area contributed by atoms with Crippen LogP contribution >= 0.6 is 0 Å². The van der Waals surface area contributed by atoms with Crippen molar-refractivity contribution < 1.29 is 14.7 Å². The molecule has 0 aliphatic carbocycles. The summed E-state index contributed by atoms with van der Waals surface area (Å²) in [5.74, 6) is 0.243. The van der Waals surface area contributed by atoms with E-state index in [1.807, 2.05) is 44.2 Å². The molecule has 0 fully saturated rings. The number of fused-ring (bicyclic) bond motifs is 1. The highest BCUT2D eigenvalue weighted by Crippen LogP contribution is 2.40. The molecular formula is C19H25N5O3. The van der Waals surface area contributed by atoms with E-state index in [9.17, 15) is 14.7 Å². The van der Waals surface area contributed by atoms with Crippen molar-refractivity contribution in [3.63, 3.8) is 0 Å². The van der Waals surface area contributed by atoms with Gasteiger partial charge in [0.1, 0.15) is 0 Å². The highest BCUT2D eigenvalue weighted by molar-refractivity contribution is 5.89. The Labute approximate surface area is 158 Å². The van der Waals surface area contributed by atoms with Gasteiger partial charge in [0.05, 0.1) is 23.8 Å². The molecule has 0 radical (unpaired) electrons. The number of aromatic amines is 1. The predicted octanol–water partition coefficient (Wildman–Crippen LogP) is 2.25. The third-order valence-corrected chi connectivity index (χ3v) is 4.93. The quantitative estimate of drug-likeness (QED) is 0.646. The molecule has 1 atom stereocenters. The van der Waals surface area contributed by atoms with Crippen molar-refractivity contribution in [1.29, 1.82) is 0 Å². The van der Waals surface area contributed by atoms with Gasteiger partial charge < -0.3 is 20.6 Å². The van der Waals surface area contributed by atoms with Gasteiger partial charge in [0.2, 0.25) is 5.91 Å². The van der Waals surface area contributed by atoms with Gasteiger partial charge in [-0.3, -0.25) is 9.89 Å². The van der Waals surface area contributed by atoms with Gasteiger partial charge in [-0.1, -0.05) is 30.3 Å². The average molecular weight is 371 g/mol.